The van der Waals surface area contributed by atoms with Crippen LogP contribution in [0, 0.1) is 13.8 Å². The number of nitrogens with zero attached hydrogens (tertiary/aromatic N) is 2. The molecule has 1 aromatic heterocycles. The minimum absolute atomic E-state index is 0.00465. The van der Waals surface area contributed by atoms with Crippen molar-refractivity contribution in [3.05, 3.63) is 52.3 Å². The molecule has 1 N–H and O–H groups in total. The van der Waals surface area contributed by atoms with E-state index in [0.717, 1.165) is 17.0 Å². The third kappa shape index (κ3) is 4.08. The molecule has 0 aliphatic carbocycles. The van der Waals surface area contributed by atoms with Crippen molar-refractivity contribution in [3.8, 4) is 0 Å². The van der Waals surface area contributed by atoms with Gasteiger partial charge in [0.05, 0.1) is 11.7 Å². The van der Waals surface area contributed by atoms with E-state index in [1.807, 2.05) is 55.8 Å². The van der Waals surface area contributed by atoms with Gasteiger partial charge in [0, 0.05) is 23.7 Å². The summed E-state index contributed by atoms with van der Waals surface area (Å²) >= 11 is 6.07. The highest BCUT2D eigenvalue weighted by Crippen LogP contribution is 2.16. The third-order valence-electron chi connectivity index (χ3n) is 3.38. The van der Waals surface area contributed by atoms with Crippen LogP contribution < -0.4 is 5.32 Å². The lowest BCUT2D eigenvalue weighted by molar-refractivity contribution is -0.122. The number of halogens is 1. The Labute approximate surface area is 130 Å². The molecule has 0 saturated heterocycles. The summed E-state index contributed by atoms with van der Waals surface area (Å²) in [5.74, 6) is -0.00465. The van der Waals surface area contributed by atoms with Gasteiger partial charge in [0.1, 0.15) is 0 Å². The monoisotopic (exact) mass is 305 g/mol. The van der Waals surface area contributed by atoms with Crippen LogP contribution in [0.5, 0.6) is 0 Å². The lowest BCUT2D eigenvalue weighted by atomic mass is 10.2. The Hall–Kier alpha value is -1.81. The fourth-order valence-corrected chi connectivity index (χ4v) is 2.56. The van der Waals surface area contributed by atoms with Crippen molar-refractivity contribution < 1.29 is 4.79 Å². The molecule has 0 aliphatic heterocycles. The first kappa shape index (κ1) is 15.6. The maximum absolute atomic E-state index is 12.0. The quantitative estimate of drug-likeness (QED) is 0.920. The SMILES string of the molecule is Cc1cc(C)n([C@H](C)CC(=O)NCc2ccccc2Cl)n1. The van der Waals surface area contributed by atoms with Crippen LogP contribution in [0.4, 0.5) is 0 Å². The molecule has 21 heavy (non-hydrogen) atoms. The van der Waals surface area contributed by atoms with E-state index >= 15 is 0 Å². The molecule has 0 bridgehead atoms. The van der Waals surface area contributed by atoms with E-state index in [0.29, 0.717) is 18.0 Å². The fourth-order valence-electron chi connectivity index (χ4n) is 2.35. The molecule has 0 saturated carbocycles. The first-order valence-electron chi connectivity index (χ1n) is 7.00. The summed E-state index contributed by atoms with van der Waals surface area (Å²) in [5, 5.41) is 7.98. The normalized spacial score (nSPS) is 12.2. The summed E-state index contributed by atoms with van der Waals surface area (Å²) < 4.78 is 1.89. The zero-order chi connectivity index (χ0) is 15.4. The van der Waals surface area contributed by atoms with Crippen LogP contribution >= 0.6 is 11.6 Å². The molecule has 0 fully saturated rings. The molecule has 0 aliphatic rings. The maximum atomic E-state index is 12.0. The molecular formula is C16H20ClN3O. The minimum Gasteiger partial charge on any atom is -0.352 e. The van der Waals surface area contributed by atoms with Gasteiger partial charge in [-0.2, -0.15) is 5.10 Å². The van der Waals surface area contributed by atoms with Gasteiger partial charge in [-0.15, -0.1) is 0 Å². The predicted molar refractivity (Wildman–Crippen MR) is 84.3 cm³/mol. The van der Waals surface area contributed by atoms with Gasteiger partial charge in [0.25, 0.3) is 0 Å². The van der Waals surface area contributed by atoms with Crippen molar-refractivity contribution in [1.29, 1.82) is 0 Å². The number of benzene rings is 1. The molecule has 1 aromatic carbocycles. The molecular weight excluding hydrogens is 286 g/mol. The number of carbonyl (C=O) groups excluding carboxylic acids is 1. The fraction of sp³-hybridized carbons (Fsp3) is 0.375. The summed E-state index contributed by atoms with van der Waals surface area (Å²) in [6, 6.07) is 9.56. The van der Waals surface area contributed by atoms with Gasteiger partial charge in [-0.1, -0.05) is 29.8 Å². The van der Waals surface area contributed by atoms with Gasteiger partial charge in [0.2, 0.25) is 5.91 Å². The van der Waals surface area contributed by atoms with E-state index < -0.39 is 0 Å². The van der Waals surface area contributed by atoms with Crippen molar-refractivity contribution in [2.45, 2.75) is 39.8 Å². The molecule has 1 heterocycles. The highest BCUT2D eigenvalue weighted by molar-refractivity contribution is 6.31. The van der Waals surface area contributed by atoms with Gasteiger partial charge < -0.3 is 5.32 Å². The van der Waals surface area contributed by atoms with Crippen molar-refractivity contribution in [1.82, 2.24) is 15.1 Å². The molecule has 2 aromatic rings. The second-order valence-electron chi connectivity index (χ2n) is 5.29. The second kappa shape index (κ2) is 6.76. The van der Waals surface area contributed by atoms with Crippen molar-refractivity contribution in [2.24, 2.45) is 0 Å². The number of amides is 1. The predicted octanol–water partition coefficient (Wildman–Crippen LogP) is 3.42. The summed E-state index contributed by atoms with van der Waals surface area (Å²) in [6.45, 7) is 6.39. The Kier molecular flexibility index (Phi) is 5.02. The highest BCUT2D eigenvalue weighted by atomic mass is 35.5. The minimum atomic E-state index is -0.00465. The van der Waals surface area contributed by atoms with E-state index in [1.54, 1.807) is 0 Å². The number of carbonyl (C=O) groups is 1. The number of hydrogen-bond donors (Lipinski definition) is 1. The molecule has 4 nitrogen and oxygen atoms in total. The van der Waals surface area contributed by atoms with E-state index in [9.17, 15) is 4.79 Å². The molecule has 2 rings (SSSR count). The van der Waals surface area contributed by atoms with Crippen molar-refractivity contribution in [2.75, 3.05) is 0 Å². The standard InChI is InChI=1S/C16H20ClN3O/c1-11-8-12(2)20(19-11)13(3)9-16(21)18-10-14-6-4-5-7-15(14)17/h4-8,13H,9-10H2,1-3H3,(H,18,21)/t13-/m1/s1. The zero-order valence-electron chi connectivity index (χ0n) is 12.6. The number of aryl methyl sites for hydroxylation is 2. The number of rotatable bonds is 5. The van der Waals surface area contributed by atoms with Gasteiger partial charge in [-0.05, 0) is 38.5 Å². The summed E-state index contributed by atoms with van der Waals surface area (Å²) in [5.41, 5.74) is 2.96. The van der Waals surface area contributed by atoms with E-state index in [2.05, 4.69) is 10.4 Å². The van der Waals surface area contributed by atoms with Crippen LogP contribution in [-0.2, 0) is 11.3 Å². The molecule has 0 radical (unpaired) electrons. The topological polar surface area (TPSA) is 46.9 Å². The Morgan fingerprint density at radius 2 is 2.10 bits per heavy atom. The summed E-state index contributed by atoms with van der Waals surface area (Å²) in [4.78, 5) is 12.0. The van der Waals surface area contributed by atoms with Gasteiger partial charge >= 0.3 is 0 Å². The highest BCUT2D eigenvalue weighted by Gasteiger charge is 2.14. The van der Waals surface area contributed by atoms with Crippen LogP contribution in [0.2, 0.25) is 5.02 Å². The Morgan fingerprint density at radius 3 is 2.71 bits per heavy atom. The van der Waals surface area contributed by atoms with E-state index in [4.69, 9.17) is 11.6 Å². The van der Waals surface area contributed by atoms with E-state index in [-0.39, 0.29) is 11.9 Å². The first-order chi connectivity index (χ1) is 9.97. The van der Waals surface area contributed by atoms with Crippen LogP contribution in [0.15, 0.2) is 30.3 Å². The summed E-state index contributed by atoms with van der Waals surface area (Å²) in [6.07, 6.45) is 0.395. The van der Waals surface area contributed by atoms with E-state index in [1.165, 1.54) is 0 Å². The second-order valence-corrected chi connectivity index (χ2v) is 5.70. The molecule has 0 spiro atoms. The van der Waals surface area contributed by atoms with Gasteiger partial charge in [0.15, 0.2) is 0 Å². The molecule has 5 heteroatoms. The molecule has 0 unspecified atom stereocenters. The average Bonchev–Trinajstić information content (AvgIpc) is 2.77. The van der Waals surface area contributed by atoms with Crippen LogP contribution in [0.25, 0.3) is 0 Å². The van der Waals surface area contributed by atoms with Crippen LogP contribution in [0.1, 0.15) is 36.3 Å². The number of nitrogens with one attached hydrogen (secondary N) is 1. The van der Waals surface area contributed by atoms with Crippen LogP contribution in [-0.4, -0.2) is 15.7 Å². The first-order valence-corrected chi connectivity index (χ1v) is 7.38. The summed E-state index contributed by atoms with van der Waals surface area (Å²) in [7, 11) is 0. The maximum Gasteiger partial charge on any atom is 0.222 e. The van der Waals surface area contributed by atoms with Gasteiger partial charge in [-0.25, -0.2) is 0 Å². The Balaban J connectivity index is 1.90. The molecule has 112 valence electrons. The molecule has 1 atom stereocenters. The van der Waals surface area contributed by atoms with Crippen molar-refractivity contribution >= 4 is 17.5 Å². The Morgan fingerprint density at radius 1 is 1.38 bits per heavy atom. The van der Waals surface area contributed by atoms with Crippen LogP contribution in [0.3, 0.4) is 0 Å². The Bertz CT molecular complexity index is 636. The number of hydrogen-bond acceptors (Lipinski definition) is 2. The smallest absolute Gasteiger partial charge is 0.222 e. The lowest BCUT2D eigenvalue weighted by Crippen LogP contribution is -2.26. The largest absolute Gasteiger partial charge is 0.352 e. The zero-order valence-corrected chi connectivity index (χ0v) is 13.3. The van der Waals surface area contributed by atoms with Crippen molar-refractivity contribution in [3.63, 3.8) is 0 Å². The van der Waals surface area contributed by atoms with Gasteiger partial charge in [-0.3, -0.25) is 9.48 Å². The average molecular weight is 306 g/mol. The molecule has 1 amide bonds. The third-order valence-corrected chi connectivity index (χ3v) is 3.75. The lowest BCUT2D eigenvalue weighted by Gasteiger charge is -2.14. The number of aromatic nitrogens is 2.